The molecule has 2 rings (SSSR count). The molecule has 136 valence electrons. The van der Waals surface area contributed by atoms with Crippen molar-refractivity contribution in [2.24, 2.45) is 0 Å². The van der Waals surface area contributed by atoms with Crippen molar-refractivity contribution in [1.82, 2.24) is 5.16 Å². The predicted octanol–water partition coefficient (Wildman–Crippen LogP) is 2.51. The smallest absolute Gasteiger partial charge is 0.246 e. The third-order valence-electron chi connectivity index (χ3n) is 3.80. The molecule has 0 aliphatic rings. The summed E-state index contributed by atoms with van der Waals surface area (Å²) in [6, 6.07) is 7.23. The van der Waals surface area contributed by atoms with Gasteiger partial charge in [-0.25, -0.2) is 8.42 Å². The van der Waals surface area contributed by atoms with Gasteiger partial charge in [0.2, 0.25) is 15.9 Å². The van der Waals surface area contributed by atoms with Gasteiger partial charge in [-0.3, -0.25) is 9.10 Å². The number of aromatic nitrogens is 1. The summed E-state index contributed by atoms with van der Waals surface area (Å²) in [5, 5.41) is 6.25. The van der Waals surface area contributed by atoms with Crippen LogP contribution < -0.4 is 9.62 Å². The standard InChI is InChI=1S/C17H23N3O4S/c1-5-13-8-7-9-14(6-2)17(13)20(25(4,22)23)11-16(21)18-15-10-12(3)24-19-15/h7-10H,5-6,11H2,1-4H3,(H,18,19,21). The first-order valence-corrected chi connectivity index (χ1v) is 9.92. The van der Waals surface area contributed by atoms with Crippen molar-refractivity contribution in [1.29, 1.82) is 0 Å². The highest BCUT2D eigenvalue weighted by Crippen LogP contribution is 2.29. The van der Waals surface area contributed by atoms with E-state index in [1.54, 1.807) is 13.0 Å². The summed E-state index contributed by atoms with van der Waals surface area (Å²) in [5.41, 5.74) is 2.35. The molecule has 1 heterocycles. The van der Waals surface area contributed by atoms with Crippen LogP contribution in [-0.4, -0.2) is 32.3 Å². The molecule has 0 saturated heterocycles. The number of carbonyl (C=O) groups excluding carboxylic acids is 1. The monoisotopic (exact) mass is 365 g/mol. The van der Waals surface area contributed by atoms with Crippen molar-refractivity contribution in [3.8, 4) is 0 Å². The lowest BCUT2D eigenvalue weighted by molar-refractivity contribution is -0.114. The Morgan fingerprint density at radius 3 is 2.28 bits per heavy atom. The number of hydrogen-bond donors (Lipinski definition) is 1. The van der Waals surface area contributed by atoms with Crippen LogP contribution in [0.1, 0.15) is 30.7 Å². The zero-order chi connectivity index (χ0) is 18.6. The predicted molar refractivity (Wildman–Crippen MR) is 97.3 cm³/mol. The fourth-order valence-corrected chi connectivity index (χ4v) is 3.55. The molecule has 8 heteroatoms. The zero-order valence-electron chi connectivity index (χ0n) is 14.9. The third kappa shape index (κ3) is 4.60. The molecule has 2 aromatic rings. The second-order valence-electron chi connectivity index (χ2n) is 5.77. The number of hydrogen-bond acceptors (Lipinski definition) is 5. The highest BCUT2D eigenvalue weighted by atomic mass is 32.2. The van der Waals surface area contributed by atoms with Gasteiger partial charge >= 0.3 is 0 Å². The van der Waals surface area contributed by atoms with Gasteiger partial charge in [0.1, 0.15) is 12.3 Å². The van der Waals surface area contributed by atoms with Gasteiger partial charge in [0.05, 0.1) is 11.9 Å². The summed E-state index contributed by atoms with van der Waals surface area (Å²) in [6.07, 6.45) is 2.44. The molecule has 1 aromatic heterocycles. The molecule has 0 unspecified atom stereocenters. The van der Waals surface area contributed by atoms with Gasteiger partial charge in [-0.05, 0) is 30.9 Å². The minimum atomic E-state index is -3.64. The first-order valence-electron chi connectivity index (χ1n) is 8.07. The average molecular weight is 365 g/mol. The molecule has 0 fully saturated rings. The Labute approximate surface area is 148 Å². The third-order valence-corrected chi connectivity index (χ3v) is 4.91. The van der Waals surface area contributed by atoms with Gasteiger partial charge in [0.25, 0.3) is 0 Å². The molecule has 1 amide bonds. The van der Waals surface area contributed by atoms with E-state index in [4.69, 9.17) is 4.52 Å². The second kappa shape index (κ2) is 7.69. The van der Waals surface area contributed by atoms with Crippen LogP contribution in [0.25, 0.3) is 0 Å². The van der Waals surface area contributed by atoms with E-state index < -0.39 is 15.9 Å². The quantitative estimate of drug-likeness (QED) is 0.814. The number of amides is 1. The molecule has 0 aliphatic heterocycles. The summed E-state index contributed by atoms with van der Waals surface area (Å²) in [7, 11) is -3.64. The van der Waals surface area contributed by atoms with Crippen LogP contribution in [0.5, 0.6) is 0 Å². The van der Waals surface area contributed by atoms with E-state index in [0.29, 0.717) is 24.3 Å². The molecule has 7 nitrogen and oxygen atoms in total. The van der Waals surface area contributed by atoms with Crippen LogP contribution in [-0.2, 0) is 27.7 Å². The number of nitrogens with zero attached hydrogens (tertiary/aromatic N) is 2. The van der Waals surface area contributed by atoms with Crippen molar-refractivity contribution in [3.63, 3.8) is 0 Å². The molecule has 0 saturated carbocycles. The highest BCUT2D eigenvalue weighted by Gasteiger charge is 2.25. The number of carbonyl (C=O) groups is 1. The fraction of sp³-hybridized carbons (Fsp3) is 0.412. The van der Waals surface area contributed by atoms with E-state index in [-0.39, 0.29) is 12.4 Å². The molecular formula is C17H23N3O4S. The number of nitrogens with one attached hydrogen (secondary N) is 1. The Morgan fingerprint density at radius 2 is 1.84 bits per heavy atom. The van der Waals surface area contributed by atoms with Crippen LogP contribution >= 0.6 is 0 Å². The molecule has 0 atom stereocenters. The topological polar surface area (TPSA) is 92.5 Å². The van der Waals surface area contributed by atoms with Gasteiger partial charge < -0.3 is 9.84 Å². The number of sulfonamides is 1. The molecule has 25 heavy (non-hydrogen) atoms. The van der Waals surface area contributed by atoms with Gasteiger partial charge in [0.15, 0.2) is 5.82 Å². The molecular weight excluding hydrogens is 342 g/mol. The van der Waals surface area contributed by atoms with E-state index in [1.165, 1.54) is 0 Å². The van der Waals surface area contributed by atoms with E-state index in [0.717, 1.165) is 21.7 Å². The lowest BCUT2D eigenvalue weighted by Gasteiger charge is -2.26. The highest BCUT2D eigenvalue weighted by molar-refractivity contribution is 7.92. The van der Waals surface area contributed by atoms with Crippen molar-refractivity contribution >= 4 is 27.4 Å². The minimum absolute atomic E-state index is 0.260. The zero-order valence-corrected chi connectivity index (χ0v) is 15.7. The van der Waals surface area contributed by atoms with Crippen LogP contribution in [0.2, 0.25) is 0 Å². The second-order valence-corrected chi connectivity index (χ2v) is 7.68. The van der Waals surface area contributed by atoms with Crippen LogP contribution in [0, 0.1) is 6.92 Å². The Morgan fingerprint density at radius 1 is 1.24 bits per heavy atom. The maximum absolute atomic E-state index is 12.4. The lowest BCUT2D eigenvalue weighted by Crippen LogP contribution is -2.38. The molecule has 0 radical (unpaired) electrons. The molecule has 1 N–H and O–H groups in total. The van der Waals surface area contributed by atoms with Crippen molar-refractivity contribution in [2.45, 2.75) is 33.6 Å². The Kier molecular flexibility index (Phi) is 5.84. The largest absolute Gasteiger partial charge is 0.360 e. The Bertz CT molecular complexity index is 836. The molecule has 0 spiro atoms. The lowest BCUT2D eigenvalue weighted by atomic mass is 10.0. The first-order chi connectivity index (χ1) is 11.8. The minimum Gasteiger partial charge on any atom is -0.360 e. The van der Waals surface area contributed by atoms with Crippen LogP contribution in [0.4, 0.5) is 11.5 Å². The molecule has 1 aromatic carbocycles. The summed E-state index contributed by atoms with van der Waals surface area (Å²) in [6.45, 7) is 5.29. The number of anilines is 2. The maximum Gasteiger partial charge on any atom is 0.246 e. The van der Waals surface area contributed by atoms with Crippen molar-refractivity contribution < 1.29 is 17.7 Å². The van der Waals surface area contributed by atoms with E-state index >= 15 is 0 Å². The van der Waals surface area contributed by atoms with Crippen molar-refractivity contribution in [2.75, 3.05) is 22.4 Å². The normalized spacial score (nSPS) is 11.4. The summed E-state index contributed by atoms with van der Waals surface area (Å²) in [4.78, 5) is 12.4. The number of para-hydroxylation sites is 1. The Hall–Kier alpha value is -2.35. The number of benzene rings is 1. The van der Waals surface area contributed by atoms with Gasteiger partial charge in [-0.15, -0.1) is 0 Å². The summed E-state index contributed by atoms with van der Waals surface area (Å²) < 4.78 is 30.8. The van der Waals surface area contributed by atoms with Crippen LogP contribution in [0.3, 0.4) is 0 Å². The fourth-order valence-electron chi connectivity index (χ4n) is 2.64. The average Bonchev–Trinajstić information content (AvgIpc) is 2.95. The van der Waals surface area contributed by atoms with Gasteiger partial charge in [0, 0.05) is 6.07 Å². The van der Waals surface area contributed by atoms with Crippen LogP contribution in [0.15, 0.2) is 28.8 Å². The number of aryl methyl sites for hydroxylation is 3. The van der Waals surface area contributed by atoms with Gasteiger partial charge in [-0.1, -0.05) is 37.2 Å². The maximum atomic E-state index is 12.4. The molecule has 0 bridgehead atoms. The molecule has 0 aliphatic carbocycles. The number of rotatable bonds is 7. The van der Waals surface area contributed by atoms with Crippen molar-refractivity contribution in [3.05, 3.63) is 41.2 Å². The van der Waals surface area contributed by atoms with E-state index in [2.05, 4.69) is 10.5 Å². The van der Waals surface area contributed by atoms with Gasteiger partial charge in [-0.2, -0.15) is 0 Å². The summed E-state index contributed by atoms with van der Waals surface area (Å²) in [5.74, 6) is 0.335. The Balaban J connectivity index is 2.36. The van der Waals surface area contributed by atoms with E-state index in [9.17, 15) is 13.2 Å². The summed E-state index contributed by atoms with van der Waals surface area (Å²) >= 11 is 0. The first kappa shape index (κ1) is 19.0. The SMILES string of the molecule is CCc1cccc(CC)c1N(CC(=O)Nc1cc(C)on1)S(C)(=O)=O. The van der Waals surface area contributed by atoms with E-state index in [1.807, 2.05) is 32.0 Å².